The van der Waals surface area contributed by atoms with E-state index in [1.807, 2.05) is 13.8 Å². The van der Waals surface area contributed by atoms with Gasteiger partial charge < -0.3 is 4.74 Å². The molecule has 0 unspecified atom stereocenters. The molecule has 1 aliphatic rings. The van der Waals surface area contributed by atoms with E-state index in [2.05, 4.69) is 23.8 Å². The maximum absolute atomic E-state index is 11.9. The second kappa shape index (κ2) is 6.54. The molecule has 1 heterocycles. The van der Waals surface area contributed by atoms with Gasteiger partial charge in [0.05, 0.1) is 17.9 Å². The normalized spacial score (nSPS) is 18.5. The molecule has 0 radical (unpaired) electrons. The average Bonchev–Trinajstić information content (AvgIpc) is 2.47. The van der Waals surface area contributed by atoms with E-state index >= 15 is 0 Å². The van der Waals surface area contributed by atoms with E-state index in [9.17, 15) is 4.79 Å². The Morgan fingerprint density at radius 3 is 2.57 bits per heavy atom. The molecule has 0 amide bonds. The number of aromatic nitrogens is 2. The molecule has 116 valence electrons. The second-order valence-corrected chi connectivity index (χ2v) is 6.60. The molecule has 21 heavy (non-hydrogen) atoms. The van der Waals surface area contributed by atoms with Crippen LogP contribution >= 0.6 is 0 Å². The van der Waals surface area contributed by atoms with Crippen LogP contribution in [0.4, 0.5) is 0 Å². The number of hydrogen-bond donors (Lipinski definition) is 0. The zero-order valence-corrected chi connectivity index (χ0v) is 13.6. The quantitative estimate of drug-likeness (QED) is 0.789. The Hall–Kier alpha value is -1.45. The van der Waals surface area contributed by atoms with Crippen molar-refractivity contribution in [2.24, 2.45) is 5.41 Å². The molecule has 0 spiro atoms. The number of rotatable bonds is 4. The summed E-state index contributed by atoms with van der Waals surface area (Å²) in [5, 5.41) is 0. The van der Waals surface area contributed by atoms with Crippen molar-refractivity contribution in [3.05, 3.63) is 23.3 Å². The van der Waals surface area contributed by atoms with Crippen LogP contribution in [0.1, 0.15) is 81.2 Å². The van der Waals surface area contributed by atoms with Gasteiger partial charge in [-0.3, -0.25) is 0 Å². The summed E-state index contributed by atoms with van der Waals surface area (Å²) in [6.07, 6.45) is 7.06. The van der Waals surface area contributed by atoms with Crippen molar-refractivity contribution in [3.8, 4) is 0 Å². The largest absolute Gasteiger partial charge is 0.462 e. The van der Waals surface area contributed by atoms with Crippen molar-refractivity contribution in [3.63, 3.8) is 0 Å². The van der Waals surface area contributed by atoms with Crippen molar-refractivity contribution in [1.29, 1.82) is 0 Å². The molecule has 2 rings (SSSR count). The Labute approximate surface area is 127 Å². The zero-order chi connectivity index (χ0) is 15.5. The maximum Gasteiger partial charge on any atom is 0.341 e. The summed E-state index contributed by atoms with van der Waals surface area (Å²) >= 11 is 0. The lowest BCUT2D eigenvalue weighted by Gasteiger charge is -2.33. The topological polar surface area (TPSA) is 52.1 Å². The molecule has 0 aliphatic heterocycles. The van der Waals surface area contributed by atoms with Gasteiger partial charge in [0.2, 0.25) is 0 Å². The Morgan fingerprint density at radius 1 is 1.33 bits per heavy atom. The molecule has 0 saturated heterocycles. The molecule has 4 heteroatoms. The Bertz CT molecular complexity index is 502. The van der Waals surface area contributed by atoms with Crippen molar-refractivity contribution in [2.45, 2.75) is 65.7 Å². The highest BCUT2D eigenvalue weighted by atomic mass is 16.5. The van der Waals surface area contributed by atoms with E-state index in [0.29, 0.717) is 23.5 Å². The smallest absolute Gasteiger partial charge is 0.341 e. The first-order valence-electron chi connectivity index (χ1n) is 7.99. The highest BCUT2D eigenvalue weighted by Gasteiger charge is 2.29. The van der Waals surface area contributed by atoms with E-state index < -0.39 is 0 Å². The van der Waals surface area contributed by atoms with Crippen LogP contribution in [0.5, 0.6) is 0 Å². The van der Waals surface area contributed by atoms with Gasteiger partial charge in [-0.25, -0.2) is 14.8 Å². The number of ether oxygens (including phenoxy) is 1. The summed E-state index contributed by atoms with van der Waals surface area (Å²) in [4.78, 5) is 21.0. The number of carbonyl (C=O) groups is 1. The number of carbonyl (C=O) groups excluding carboxylic acids is 1. The summed E-state index contributed by atoms with van der Waals surface area (Å²) in [7, 11) is 0. The summed E-state index contributed by atoms with van der Waals surface area (Å²) in [5.41, 5.74) is 1.76. The fourth-order valence-corrected chi connectivity index (χ4v) is 2.94. The average molecular weight is 290 g/mol. The number of aryl methyl sites for hydroxylation is 1. The number of esters is 1. The van der Waals surface area contributed by atoms with Crippen LogP contribution in [0.3, 0.4) is 0 Å². The lowest BCUT2D eigenvalue weighted by atomic mass is 9.73. The van der Waals surface area contributed by atoms with Gasteiger partial charge in [-0.1, -0.05) is 20.8 Å². The van der Waals surface area contributed by atoms with Crippen molar-refractivity contribution in [2.75, 3.05) is 6.61 Å². The predicted octanol–water partition coefficient (Wildman–Crippen LogP) is 3.90. The Kier molecular flexibility index (Phi) is 4.96. The van der Waals surface area contributed by atoms with E-state index in [-0.39, 0.29) is 5.97 Å². The molecule has 1 saturated carbocycles. The highest BCUT2D eigenvalue weighted by molar-refractivity contribution is 5.90. The minimum atomic E-state index is -0.314. The van der Waals surface area contributed by atoms with Gasteiger partial charge in [-0.2, -0.15) is 0 Å². The standard InChI is InChI=1S/C17H26N2O2/c1-5-14-13(16(20)21-6-2)11-18-15(19-14)12-7-9-17(3,4)10-8-12/h11-12H,5-10H2,1-4H3. The first-order valence-corrected chi connectivity index (χ1v) is 7.99. The minimum absolute atomic E-state index is 0.314. The molecule has 1 aromatic rings. The molecular formula is C17H26N2O2. The molecule has 0 N–H and O–H groups in total. The molecule has 1 fully saturated rings. The third-order valence-corrected chi connectivity index (χ3v) is 4.42. The zero-order valence-electron chi connectivity index (χ0n) is 13.6. The molecule has 0 aromatic carbocycles. The van der Waals surface area contributed by atoms with Gasteiger partial charge in [0.25, 0.3) is 0 Å². The molecule has 1 aliphatic carbocycles. The van der Waals surface area contributed by atoms with E-state index in [1.54, 1.807) is 6.20 Å². The third kappa shape index (κ3) is 3.80. The van der Waals surface area contributed by atoms with Gasteiger partial charge in [-0.15, -0.1) is 0 Å². The van der Waals surface area contributed by atoms with E-state index in [0.717, 1.165) is 30.8 Å². The molecule has 1 aromatic heterocycles. The monoisotopic (exact) mass is 290 g/mol. The van der Waals surface area contributed by atoms with Crippen LogP contribution < -0.4 is 0 Å². The van der Waals surface area contributed by atoms with Crippen LogP contribution in [-0.4, -0.2) is 22.5 Å². The SMILES string of the molecule is CCOC(=O)c1cnc(C2CCC(C)(C)CC2)nc1CC. The van der Waals surface area contributed by atoms with Gasteiger partial charge in [0, 0.05) is 12.1 Å². The van der Waals surface area contributed by atoms with Gasteiger partial charge >= 0.3 is 5.97 Å². The maximum atomic E-state index is 11.9. The third-order valence-electron chi connectivity index (χ3n) is 4.42. The lowest BCUT2D eigenvalue weighted by Crippen LogP contribution is -2.22. The number of hydrogen-bond acceptors (Lipinski definition) is 4. The second-order valence-electron chi connectivity index (χ2n) is 6.60. The molecule has 4 nitrogen and oxygen atoms in total. The predicted molar refractivity (Wildman–Crippen MR) is 82.4 cm³/mol. The molecular weight excluding hydrogens is 264 g/mol. The fourth-order valence-electron chi connectivity index (χ4n) is 2.94. The summed E-state index contributed by atoms with van der Waals surface area (Å²) in [6, 6.07) is 0. The van der Waals surface area contributed by atoms with Gasteiger partial charge in [-0.05, 0) is 44.4 Å². The van der Waals surface area contributed by atoms with Crippen molar-refractivity contribution in [1.82, 2.24) is 9.97 Å². The highest BCUT2D eigenvalue weighted by Crippen LogP contribution is 2.41. The van der Waals surface area contributed by atoms with Crippen LogP contribution in [0.15, 0.2) is 6.20 Å². The van der Waals surface area contributed by atoms with Gasteiger partial charge in [0.15, 0.2) is 0 Å². The summed E-state index contributed by atoms with van der Waals surface area (Å²) in [5.74, 6) is 1.01. The van der Waals surface area contributed by atoms with Crippen LogP contribution in [0, 0.1) is 5.41 Å². The fraction of sp³-hybridized carbons (Fsp3) is 0.706. The molecule has 0 bridgehead atoms. The number of nitrogens with zero attached hydrogens (tertiary/aromatic N) is 2. The first kappa shape index (κ1) is 15.9. The summed E-state index contributed by atoms with van der Waals surface area (Å²) in [6.45, 7) is 8.85. The summed E-state index contributed by atoms with van der Waals surface area (Å²) < 4.78 is 5.06. The van der Waals surface area contributed by atoms with Crippen LogP contribution in [0.25, 0.3) is 0 Å². The van der Waals surface area contributed by atoms with Crippen LogP contribution in [0.2, 0.25) is 0 Å². The van der Waals surface area contributed by atoms with Gasteiger partial charge in [0.1, 0.15) is 5.82 Å². The Morgan fingerprint density at radius 2 is 2.00 bits per heavy atom. The molecule has 0 atom stereocenters. The minimum Gasteiger partial charge on any atom is -0.462 e. The van der Waals surface area contributed by atoms with E-state index in [1.165, 1.54) is 12.8 Å². The van der Waals surface area contributed by atoms with Crippen molar-refractivity contribution < 1.29 is 9.53 Å². The first-order chi connectivity index (χ1) is 9.96. The van der Waals surface area contributed by atoms with E-state index in [4.69, 9.17) is 4.74 Å². The Balaban J connectivity index is 2.17. The van der Waals surface area contributed by atoms with Crippen molar-refractivity contribution >= 4 is 5.97 Å². The lowest BCUT2D eigenvalue weighted by molar-refractivity contribution is 0.0524. The van der Waals surface area contributed by atoms with Crippen LogP contribution in [-0.2, 0) is 11.2 Å².